The Morgan fingerprint density at radius 1 is 1.45 bits per heavy atom. The molecule has 1 aliphatic heterocycles. The molecule has 2 N–H and O–H groups in total. The molecule has 1 atom stereocenters. The number of nitrogens with zero attached hydrogens (tertiary/aromatic N) is 1. The zero-order valence-electron chi connectivity index (χ0n) is 12.4. The summed E-state index contributed by atoms with van der Waals surface area (Å²) in [5.74, 6) is -0.623. The smallest absolute Gasteiger partial charge is 0.307 e. The molecule has 6 nitrogen and oxygen atoms in total. The van der Waals surface area contributed by atoms with Crippen molar-refractivity contribution in [2.75, 3.05) is 32.1 Å². The molecule has 1 amide bonds. The summed E-state index contributed by atoms with van der Waals surface area (Å²) in [6.07, 6.45) is 1.49. The van der Waals surface area contributed by atoms with Gasteiger partial charge in [-0.2, -0.15) is 0 Å². The molecule has 0 spiro atoms. The minimum atomic E-state index is -0.784. The number of aliphatic carboxylic acids is 1. The third-order valence-electron chi connectivity index (χ3n) is 3.58. The quantitative estimate of drug-likeness (QED) is 0.862. The van der Waals surface area contributed by atoms with E-state index in [2.05, 4.69) is 5.32 Å². The zero-order chi connectivity index (χ0) is 15.2. The lowest BCUT2D eigenvalue weighted by Crippen LogP contribution is -2.42. The maximum absolute atomic E-state index is 12.0. The minimum absolute atomic E-state index is 0. The third-order valence-corrected chi connectivity index (χ3v) is 3.58. The Morgan fingerprint density at radius 2 is 2.23 bits per heavy atom. The van der Waals surface area contributed by atoms with Crippen molar-refractivity contribution in [2.24, 2.45) is 5.92 Å². The summed E-state index contributed by atoms with van der Waals surface area (Å²) in [7, 11) is 1.57. The fourth-order valence-corrected chi connectivity index (χ4v) is 2.51. The van der Waals surface area contributed by atoms with Crippen LogP contribution in [-0.4, -0.2) is 48.6 Å². The average Bonchev–Trinajstić information content (AvgIpc) is 2.47. The second-order valence-corrected chi connectivity index (χ2v) is 5.19. The summed E-state index contributed by atoms with van der Waals surface area (Å²) in [6.45, 7) is 1.40. The molecule has 0 bridgehead atoms. The highest BCUT2D eigenvalue weighted by molar-refractivity contribution is 5.92. The van der Waals surface area contributed by atoms with E-state index >= 15 is 0 Å². The summed E-state index contributed by atoms with van der Waals surface area (Å²) in [4.78, 5) is 24.9. The van der Waals surface area contributed by atoms with E-state index in [0.717, 1.165) is 13.0 Å². The summed E-state index contributed by atoms with van der Waals surface area (Å²) in [5.41, 5.74) is 0.672. The highest BCUT2D eigenvalue weighted by atomic mass is 35.5. The first-order valence-corrected chi connectivity index (χ1v) is 6.97. The summed E-state index contributed by atoms with van der Waals surface area (Å²) in [6, 6.07) is 7.14. The van der Waals surface area contributed by atoms with Crippen molar-refractivity contribution in [3.63, 3.8) is 0 Å². The van der Waals surface area contributed by atoms with Gasteiger partial charge in [-0.1, -0.05) is 6.07 Å². The second kappa shape index (κ2) is 8.60. The van der Waals surface area contributed by atoms with E-state index in [1.807, 2.05) is 4.90 Å². The number of carbonyl (C=O) groups excluding carboxylic acids is 1. The summed E-state index contributed by atoms with van der Waals surface area (Å²) >= 11 is 0. The monoisotopic (exact) mass is 328 g/mol. The van der Waals surface area contributed by atoms with Crippen LogP contribution in [0.1, 0.15) is 12.8 Å². The van der Waals surface area contributed by atoms with Gasteiger partial charge in [-0.15, -0.1) is 12.4 Å². The van der Waals surface area contributed by atoms with Gasteiger partial charge < -0.3 is 15.2 Å². The first-order valence-electron chi connectivity index (χ1n) is 6.97. The van der Waals surface area contributed by atoms with Crippen molar-refractivity contribution in [1.29, 1.82) is 0 Å². The van der Waals surface area contributed by atoms with Crippen LogP contribution in [0.5, 0.6) is 5.75 Å². The summed E-state index contributed by atoms with van der Waals surface area (Å²) in [5, 5.41) is 11.8. The molecule has 0 aromatic heterocycles. The number of nitrogens with one attached hydrogen (secondary N) is 1. The van der Waals surface area contributed by atoms with E-state index in [9.17, 15) is 9.59 Å². The molecule has 122 valence electrons. The summed E-state index contributed by atoms with van der Waals surface area (Å²) < 4.78 is 5.10. The maximum atomic E-state index is 12.0. The Hall–Kier alpha value is -1.79. The number of likely N-dealkylation sites (tertiary alicyclic amines) is 1. The van der Waals surface area contributed by atoms with Gasteiger partial charge in [0, 0.05) is 18.3 Å². The van der Waals surface area contributed by atoms with Crippen LogP contribution in [0.25, 0.3) is 0 Å². The van der Waals surface area contributed by atoms with Gasteiger partial charge in [0.1, 0.15) is 5.75 Å². The van der Waals surface area contributed by atoms with Gasteiger partial charge in [-0.25, -0.2) is 0 Å². The molecule has 1 aliphatic rings. The average molecular weight is 329 g/mol. The van der Waals surface area contributed by atoms with Gasteiger partial charge in [0.05, 0.1) is 19.6 Å². The number of amides is 1. The standard InChI is InChI=1S/C15H20N2O4.ClH/c1-21-13-6-2-5-12(8-13)16-14(18)10-17-7-3-4-11(9-17)15(19)20;/h2,5-6,8,11H,3-4,7,9-10H2,1H3,(H,16,18)(H,19,20);1H. The van der Waals surface area contributed by atoms with Gasteiger partial charge >= 0.3 is 5.97 Å². The molecule has 1 saturated heterocycles. The fraction of sp³-hybridized carbons (Fsp3) is 0.467. The topological polar surface area (TPSA) is 78.9 Å². The van der Waals surface area contributed by atoms with Crippen molar-refractivity contribution in [2.45, 2.75) is 12.8 Å². The highest BCUT2D eigenvalue weighted by Gasteiger charge is 2.26. The number of carboxylic acids is 1. The lowest BCUT2D eigenvalue weighted by Gasteiger charge is -2.29. The van der Waals surface area contributed by atoms with Gasteiger partial charge in [0.15, 0.2) is 0 Å². The number of hydrogen-bond donors (Lipinski definition) is 2. The van der Waals surface area contributed by atoms with Crippen molar-refractivity contribution in [3.8, 4) is 5.75 Å². The number of methoxy groups -OCH3 is 1. The molecule has 0 saturated carbocycles. The first-order chi connectivity index (χ1) is 10.1. The Morgan fingerprint density at radius 3 is 2.91 bits per heavy atom. The first kappa shape index (κ1) is 18.3. The molecule has 0 radical (unpaired) electrons. The van der Waals surface area contributed by atoms with E-state index in [0.29, 0.717) is 24.4 Å². The van der Waals surface area contributed by atoms with Crippen molar-refractivity contribution in [3.05, 3.63) is 24.3 Å². The zero-order valence-corrected chi connectivity index (χ0v) is 13.3. The number of benzene rings is 1. The molecule has 7 heteroatoms. The van der Waals surface area contributed by atoms with Crippen LogP contribution in [0.3, 0.4) is 0 Å². The number of anilines is 1. The Labute approximate surface area is 135 Å². The Kier molecular flexibility index (Phi) is 7.14. The van der Waals surface area contributed by atoms with Crippen molar-refractivity contribution in [1.82, 2.24) is 4.90 Å². The number of halogens is 1. The van der Waals surface area contributed by atoms with Gasteiger partial charge in [0.25, 0.3) is 0 Å². The highest BCUT2D eigenvalue weighted by Crippen LogP contribution is 2.18. The predicted octanol–water partition coefficient (Wildman–Crippen LogP) is 1.85. The van der Waals surface area contributed by atoms with Gasteiger partial charge in [-0.05, 0) is 31.5 Å². The Balaban J connectivity index is 0.00000242. The van der Waals surface area contributed by atoms with Crippen molar-refractivity contribution >= 4 is 30.0 Å². The molecule has 1 heterocycles. The largest absolute Gasteiger partial charge is 0.497 e. The third kappa shape index (κ3) is 5.20. The predicted molar refractivity (Wildman–Crippen MR) is 85.7 cm³/mol. The Bertz CT molecular complexity index is 524. The number of carbonyl (C=O) groups is 2. The minimum Gasteiger partial charge on any atom is -0.497 e. The van der Waals surface area contributed by atoms with Crippen molar-refractivity contribution < 1.29 is 19.4 Å². The van der Waals surface area contributed by atoms with Crippen LogP contribution >= 0.6 is 12.4 Å². The number of carboxylic acid groups (broad SMARTS) is 1. The molecule has 0 aliphatic carbocycles. The number of piperidine rings is 1. The molecule has 22 heavy (non-hydrogen) atoms. The van der Waals surface area contributed by atoms with Crippen LogP contribution in [0.15, 0.2) is 24.3 Å². The second-order valence-electron chi connectivity index (χ2n) is 5.19. The van der Waals surface area contributed by atoms with Crippen LogP contribution < -0.4 is 10.1 Å². The molecule has 1 aromatic carbocycles. The number of ether oxygens (including phenoxy) is 1. The van der Waals surface area contributed by atoms with E-state index in [1.165, 1.54) is 0 Å². The van der Waals surface area contributed by atoms with E-state index in [-0.39, 0.29) is 30.8 Å². The van der Waals surface area contributed by atoms with Crippen LogP contribution in [0.4, 0.5) is 5.69 Å². The van der Waals surface area contributed by atoms with Crippen LogP contribution in [0, 0.1) is 5.92 Å². The van der Waals surface area contributed by atoms with Gasteiger partial charge in [-0.3, -0.25) is 14.5 Å². The van der Waals surface area contributed by atoms with E-state index in [1.54, 1.807) is 31.4 Å². The molecule has 1 aromatic rings. The maximum Gasteiger partial charge on any atom is 0.307 e. The lowest BCUT2D eigenvalue weighted by molar-refractivity contribution is -0.144. The molecule has 1 unspecified atom stereocenters. The molecule has 1 fully saturated rings. The van der Waals surface area contributed by atoms with E-state index < -0.39 is 5.97 Å². The fourth-order valence-electron chi connectivity index (χ4n) is 2.51. The van der Waals surface area contributed by atoms with Crippen LogP contribution in [0.2, 0.25) is 0 Å². The normalized spacial score (nSPS) is 18.1. The number of hydrogen-bond acceptors (Lipinski definition) is 4. The molecular formula is C15H21ClN2O4. The SMILES string of the molecule is COc1cccc(NC(=O)CN2CCCC(C(=O)O)C2)c1.Cl. The molecule has 2 rings (SSSR count). The molecular weight excluding hydrogens is 308 g/mol. The van der Waals surface area contributed by atoms with Crippen LogP contribution in [-0.2, 0) is 9.59 Å². The lowest BCUT2D eigenvalue weighted by atomic mass is 9.98. The number of rotatable bonds is 5. The van der Waals surface area contributed by atoms with E-state index in [4.69, 9.17) is 9.84 Å². The van der Waals surface area contributed by atoms with Gasteiger partial charge in [0.2, 0.25) is 5.91 Å².